The van der Waals surface area contributed by atoms with Crippen molar-refractivity contribution < 1.29 is 27.6 Å². The molecule has 1 fully saturated rings. The number of anilines is 2. The number of rotatable bonds is 4. The van der Waals surface area contributed by atoms with Gasteiger partial charge in [0.25, 0.3) is 11.8 Å². The highest BCUT2D eigenvalue weighted by Crippen LogP contribution is 2.32. The molecule has 0 aromatic heterocycles. The topological polar surface area (TPSA) is 94.4 Å². The maximum Gasteiger partial charge on any atom is 0.263 e. The zero-order chi connectivity index (χ0) is 20.7. The molecule has 8 nitrogen and oxygen atoms in total. The van der Waals surface area contributed by atoms with Crippen LogP contribution in [0.15, 0.2) is 52.8 Å². The van der Waals surface area contributed by atoms with E-state index in [0.29, 0.717) is 4.90 Å². The van der Waals surface area contributed by atoms with Crippen molar-refractivity contribution in [2.75, 3.05) is 16.8 Å². The van der Waals surface area contributed by atoms with Crippen molar-refractivity contribution in [3.8, 4) is 0 Å². The van der Waals surface area contributed by atoms with Crippen LogP contribution in [-0.4, -0.2) is 41.4 Å². The van der Waals surface area contributed by atoms with Gasteiger partial charge in [0.2, 0.25) is 5.91 Å². The second-order valence-corrected chi connectivity index (χ2v) is 6.36. The van der Waals surface area contributed by atoms with E-state index in [1.165, 1.54) is 18.2 Å². The average Bonchev–Trinajstić information content (AvgIpc) is 3.18. The van der Waals surface area contributed by atoms with Crippen molar-refractivity contribution in [1.82, 2.24) is 5.01 Å². The summed E-state index contributed by atoms with van der Waals surface area (Å²) in [6.07, 6.45) is 0. The molecule has 0 spiro atoms. The van der Waals surface area contributed by atoms with E-state index in [-0.39, 0.29) is 11.4 Å². The Bertz CT molecular complexity index is 1060. The second kappa shape index (κ2) is 7.00. The van der Waals surface area contributed by atoms with Crippen molar-refractivity contribution >= 4 is 29.1 Å². The minimum absolute atomic E-state index is 0.146. The molecule has 1 N–H and O–H groups in total. The number of halogens is 3. The lowest BCUT2D eigenvalue weighted by molar-refractivity contribution is -0.123. The van der Waals surface area contributed by atoms with E-state index in [2.05, 4.69) is 15.7 Å². The van der Waals surface area contributed by atoms with Gasteiger partial charge in [0, 0.05) is 11.8 Å². The molecule has 2 aliphatic heterocycles. The average molecular weight is 403 g/mol. The van der Waals surface area contributed by atoms with Crippen LogP contribution in [0.3, 0.4) is 0 Å². The zero-order valence-electron chi connectivity index (χ0n) is 14.6. The lowest BCUT2D eigenvalue weighted by Gasteiger charge is -2.20. The quantitative estimate of drug-likeness (QED) is 0.791. The van der Waals surface area contributed by atoms with Crippen LogP contribution in [0.5, 0.6) is 0 Å². The molecule has 0 saturated carbocycles. The number of nitrogens with one attached hydrogen (secondary N) is 1. The molecule has 4 rings (SSSR count). The molecule has 0 bridgehead atoms. The van der Waals surface area contributed by atoms with Gasteiger partial charge in [0.15, 0.2) is 23.7 Å². The lowest BCUT2D eigenvalue weighted by Crippen LogP contribution is -2.43. The van der Waals surface area contributed by atoms with E-state index < -0.39 is 53.8 Å². The van der Waals surface area contributed by atoms with Crippen LogP contribution in [0.25, 0.3) is 0 Å². The first-order valence-electron chi connectivity index (χ1n) is 8.41. The Morgan fingerprint density at radius 1 is 1.03 bits per heavy atom. The highest BCUT2D eigenvalue weighted by Gasteiger charge is 2.55. The molecule has 0 aliphatic carbocycles. The number of hydrogen-bond acceptors (Lipinski definition) is 6. The number of nitrogens with zero attached hydrogens (tertiary/aromatic N) is 4. The molecule has 2 aromatic rings. The van der Waals surface area contributed by atoms with Gasteiger partial charge in [0.1, 0.15) is 12.4 Å². The normalized spacial score (nSPS) is 20.4. The van der Waals surface area contributed by atoms with Gasteiger partial charge in [-0.2, -0.15) is 5.11 Å². The van der Waals surface area contributed by atoms with Crippen LogP contribution >= 0.6 is 0 Å². The van der Waals surface area contributed by atoms with Gasteiger partial charge in [-0.15, -0.1) is 0 Å². The summed E-state index contributed by atoms with van der Waals surface area (Å²) in [7, 11) is 0. The van der Waals surface area contributed by atoms with Crippen LogP contribution in [0, 0.1) is 17.5 Å². The molecular weight excluding hydrogens is 391 g/mol. The Balaban J connectivity index is 1.50. The van der Waals surface area contributed by atoms with Crippen molar-refractivity contribution in [2.24, 2.45) is 10.3 Å². The monoisotopic (exact) mass is 403 g/mol. The van der Waals surface area contributed by atoms with E-state index in [1.54, 1.807) is 0 Å². The number of amides is 3. The van der Waals surface area contributed by atoms with E-state index >= 15 is 0 Å². The first-order valence-corrected chi connectivity index (χ1v) is 8.41. The van der Waals surface area contributed by atoms with Crippen molar-refractivity contribution in [3.63, 3.8) is 0 Å². The number of carbonyl (C=O) groups excluding carboxylic acids is 3. The number of fused-ring (bicyclic) bond motifs is 1. The maximum absolute atomic E-state index is 13.5. The Morgan fingerprint density at radius 3 is 2.55 bits per heavy atom. The van der Waals surface area contributed by atoms with Crippen LogP contribution in [-0.2, 0) is 14.4 Å². The summed E-state index contributed by atoms with van der Waals surface area (Å²) in [4.78, 5) is 38.2. The summed E-state index contributed by atoms with van der Waals surface area (Å²) in [5.74, 6) is -5.02. The molecule has 0 unspecified atom stereocenters. The second-order valence-electron chi connectivity index (χ2n) is 6.36. The first kappa shape index (κ1) is 18.6. The Hall–Kier alpha value is -3.76. The summed E-state index contributed by atoms with van der Waals surface area (Å²) >= 11 is 0. The molecule has 2 aromatic carbocycles. The summed E-state index contributed by atoms with van der Waals surface area (Å²) in [5, 5.41) is 10.9. The lowest BCUT2D eigenvalue weighted by atomic mass is 10.1. The molecule has 11 heteroatoms. The Labute approximate surface area is 161 Å². The fourth-order valence-electron chi connectivity index (χ4n) is 3.15. The van der Waals surface area contributed by atoms with Gasteiger partial charge < -0.3 is 5.32 Å². The largest absolute Gasteiger partial charge is 0.324 e. The minimum atomic E-state index is -1.21. The third kappa shape index (κ3) is 3.30. The third-order valence-electron chi connectivity index (χ3n) is 4.43. The van der Waals surface area contributed by atoms with E-state index in [0.717, 1.165) is 29.3 Å². The zero-order valence-corrected chi connectivity index (χ0v) is 14.6. The van der Waals surface area contributed by atoms with Gasteiger partial charge >= 0.3 is 0 Å². The molecule has 2 atom stereocenters. The van der Waals surface area contributed by atoms with E-state index in [9.17, 15) is 27.6 Å². The predicted molar refractivity (Wildman–Crippen MR) is 93.0 cm³/mol. The van der Waals surface area contributed by atoms with E-state index in [4.69, 9.17) is 0 Å². The van der Waals surface area contributed by atoms with Gasteiger partial charge in [0.05, 0.1) is 5.69 Å². The summed E-state index contributed by atoms with van der Waals surface area (Å²) in [5.41, 5.74) is 0.0626. The van der Waals surface area contributed by atoms with Crippen molar-refractivity contribution in [2.45, 2.75) is 12.1 Å². The smallest absolute Gasteiger partial charge is 0.263 e. The minimum Gasteiger partial charge on any atom is -0.324 e. The standard InChI is InChI=1S/C18H12F3N5O3/c19-9-2-1-3-10(6-9)22-14(27)8-25-16-15(23-24-25)17(28)26(18(16)29)11-4-5-12(20)13(21)7-11/h1-7,15-16H,8H2,(H,22,27)/t15-,16-/m1/s1. The number of hydrogen-bond donors (Lipinski definition) is 1. The SMILES string of the molecule is O=C(CN1N=N[C@H]2C(=O)N(c3ccc(F)c(F)c3)C(=O)[C@@H]21)Nc1cccc(F)c1. The van der Waals surface area contributed by atoms with Crippen LogP contribution in [0.1, 0.15) is 0 Å². The molecular formula is C18H12F3N5O3. The van der Waals surface area contributed by atoms with Gasteiger partial charge in [-0.3, -0.25) is 19.4 Å². The van der Waals surface area contributed by atoms with Gasteiger partial charge in [-0.25, -0.2) is 18.1 Å². The highest BCUT2D eigenvalue weighted by atomic mass is 19.2. The van der Waals surface area contributed by atoms with E-state index in [1.807, 2.05) is 0 Å². The van der Waals surface area contributed by atoms with Gasteiger partial charge in [-0.1, -0.05) is 11.3 Å². The molecule has 1 saturated heterocycles. The third-order valence-corrected chi connectivity index (χ3v) is 4.43. The fraction of sp³-hybridized carbons (Fsp3) is 0.167. The molecule has 29 heavy (non-hydrogen) atoms. The fourth-order valence-corrected chi connectivity index (χ4v) is 3.15. The predicted octanol–water partition coefficient (Wildman–Crippen LogP) is 2.04. The number of imide groups is 1. The Morgan fingerprint density at radius 2 is 1.83 bits per heavy atom. The van der Waals surface area contributed by atoms with Crippen molar-refractivity contribution in [3.05, 3.63) is 59.9 Å². The highest BCUT2D eigenvalue weighted by molar-refractivity contribution is 6.25. The molecule has 0 radical (unpaired) electrons. The molecule has 2 heterocycles. The van der Waals surface area contributed by atoms with Gasteiger partial charge in [-0.05, 0) is 30.3 Å². The summed E-state index contributed by atoms with van der Waals surface area (Å²) < 4.78 is 39.9. The van der Waals surface area contributed by atoms with Crippen LogP contribution < -0.4 is 10.2 Å². The first-order chi connectivity index (χ1) is 13.8. The van der Waals surface area contributed by atoms with Crippen molar-refractivity contribution in [1.29, 1.82) is 0 Å². The number of benzene rings is 2. The maximum atomic E-state index is 13.5. The summed E-state index contributed by atoms with van der Waals surface area (Å²) in [6.45, 7) is -0.425. The molecule has 3 amide bonds. The number of carbonyl (C=O) groups is 3. The van der Waals surface area contributed by atoms with Crippen LogP contribution in [0.4, 0.5) is 24.5 Å². The molecule has 2 aliphatic rings. The van der Waals surface area contributed by atoms with Crippen LogP contribution in [0.2, 0.25) is 0 Å². The summed E-state index contributed by atoms with van der Waals surface area (Å²) in [6, 6.07) is 5.44. The molecule has 148 valence electrons. The Kier molecular flexibility index (Phi) is 4.49.